The highest BCUT2D eigenvalue weighted by Gasteiger charge is 2.40. The molecular weight excluding hydrogens is 325 g/mol. The van der Waals surface area contributed by atoms with Gasteiger partial charge in [-0.15, -0.1) is 0 Å². The van der Waals surface area contributed by atoms with Crippen LogP contribution in [-0.2, 0) is 14.3 Å². The SMILES string of the molecule is Cc1cccc(NC(=O)[C@@H]2OCC(=O)N(C)[C@H]2c2ccc(F)cc2)n1. The summed E-state index contributed by atoms with van der Waals surface area (Å²) in [6.45, 7) is 1.63. The maximum absolute atomic E-state index is 13.2. The first-order valence-corrected chi connectivity index (χ1v) is 7.83. The maximum Gasteiger partial charge on any atom is 0.257 e. The Labute approximate surface area is 144 Å². The van der Waals surface area contributed by atoms with E-state index in [2.05, 4.69) is 10.3 Å². The van der Waals surface area contributed by atoms with Crippen molar-refractivity contribution in [3.8, 4) is 0 Å². The molecular formula is C18H18FN3O3. The lowest BCUT2D eigenvalue weighted by atomic mass is 9.97. The summed E-state index contributed by atoms with van der Waals surface area (Å²) < 4.78 is 18.7. The van der Waals surface area contributed by atoms with Gasteiger partial charge in [0.15, 0.2) is 6.10 Å². The molecule has 1 N–H and O–H groups in total. The number of nitrogens with one attached hydrogen (secondary N) is 1. The van der Waals surface area contributed by atoms with Crippen LogP contribution in [0.4, 0.5) is 10.2 Å². The summed E-state index contributed by atoms with van der Waals surface area (Å²) in [5.74, 6) is -0.635. The van der Waals surface area contributed by atoms with Gasteiger partial charge < -0.3 is 15.0 Å². The third-order valence-electron chi connectivity index (χ3n) is 4.09. The molecule has 1 saturated heterocycles. The molecule has 1 fully saturated rings. The lowest BCUT2D eigenvalue weighted by Gasteiger charge is -2.38. The van der Waals surface area contributed by atoms with Crippen LogP contribution < -0.4 is 5.32 Å². The van der Waals surface area contributed by atoms with Gasteiger partial charge in [-0.2, -0.15) is 0 Å². The maximum atomic E-state index is 13.2. The van der Waals surface area contributed by atoms with Gasteiger partial charge in [-0.05, 0) is 36.8 Å². The Morgan fingerprint density at radius 3 is 2.68 bits per heavy atom. The van der Waals surface area contributed by atoms with E-state index in [1.54, 1.807) is 31.3 Å². The quantitative estimate of drug-likeness (QED) is 0.926. The molecule has 1 aromatic carbocycles. The molecule has 0 bridgehead atoms. The van der Waals surface area contributed by atoms with Crippen molar-refractivity contribution >= 4 is 17.6 Å². The molecule has 2 aromatic rings. The van der Waals surface area contributed by atoms with Crippen LogP contribution in [0.2, 0.25) is 0 Å². The van der Waals surface area contributed by atoms with Crippen molar-refractivity contribution in [1.82, 2.24) is 9.88 Å². The summed E-state index contributed by atoms with van der Waals surface area (Å²) in [6, 6.07) is 10.3. The van der Waals surface area contributed by atoms with Gasteiger partial charge in [0.2, 0.25) is 5.91 Å². The molecule has 0 spiro atoms. The molecule has 0 radical (unpaired) electrons. The van der Waals surface area contributed by atoms with Crippen molar-refractivity contribution in [3.63, 3.8) is 0 Å². The van der Waals surface area contributed by atoms with Crippen molar-refractivity contribution in [2.24, 2.45) is 0 Å². The average Bonchev–Trinajstić information content (AvgIpc) is 2.58. The van der Waals surface area contributed by atoms with Crippen molar-refractivity contribution in [3.05, 3.63) is 59.5 Å². The van der Waals surface area contributed by atoms with Crippen molar-refractivity contribution in [2.75, 3.05) is 19.0 Å². The molecule has 0 aliphatic carbocycles. The summed E-state index contributed by atoms with van der Waals surface area (Å²) in [7, 11) is 1.60. The number of pyridine rings is 1. The summed E-state index contributed by atoms with van der Waals surface area (Å²) in [5.41, 5.74) is 1.39. The van der Waals surface area contributed by atoms with Gasteiger partial charge in [-0.3, -0.25) is 9.59 Å². The molecule has 7 heteroatoms. The van der Waals surface area contributed by atoms with Crippen LogP contribution in [0, 0.1) is 12.7 Å². The fraction of sp³-hybridized carbons (Fsp3) is 0.278. The standard InChI is InChI=1S/C18H18FN3O3/c1-11-4-3-5-14(20-11)21-18(24)17-16(22(2)15(23)10-25-17)12-6-8-13(19)9-7-12/h3-9,16-17H,10H2,1-2H3,(H,20,21,24)/t16-,17+/m0/s1. The number of amides is 2. The molecule has 1 aromatic heterocycles. The van der Waals surface area contributed by atoms with Crippen LogP contribution in [0.5, 0.6) is 0 Å². The molecule has 2 atom stereocenters. The Morgan fingerprint density at radius 1 is 1.28 bits per heavy atom. The van der Waals surface area contributed by atoms with Crippen molar-refractivity contribution in [1.29, 1.82) is 0 Å². The molecule has 2 amide bonds. The minimum Gasteiger partial charge on any atom is -0.356 e. The molecule has 130 valence electrons. The number of hydrogen-bond acceptors (Lipinski definition) is 4. The first kappa shape index (κ1) is 17.0. The van der Waals surface area contributed by atoms with Gasteiger partial charge in [-0.1, -0.05) is 18.2 Å². The zero-order valence-corrected chi connectivity index (χ0v) is 13.9. The number of carbonyl (C=O) groups excluding carboxylic acids is 2. The van der Waals surface area contributed by atoms with E-state index in [-0.39, 0.29) is 18.3 Å². The van der Waals surface area contributed by atoms with Crippen LogP contribution in [0.1, 0.15) is 17.3 Å². The number of rotatable bonds is 3. The zero-order chi connectivity index (χ0) is 18.0. The van der Waals surface area contributed by atoms with Crippen molar-refractivity contribution < 1.29 is 18.7 Å². The third-order valence-corrected chi connectivity index (χ3v) is 4.09. The summed E-state index contributed by atoms with van der Waals surface area (Å²) in [6.07, 6.45) is -0.921. The number of halogens is 1. The van der Waals surface area contributed by atoms with Crippen LogP contribution in [0.3, 0.4) is 0 Å². The molecule has 1 aliphatic heterocycles. The Bertz CT molecular complexity index is 794. The number of likely N-dealkylation sites (N-methyl/N-ethyl adjacent to an activating group) is 1. The fourth-order valence-electron chi connectivity index (χ4n) is 2.80. The van der Waals surface area contributed by atoms with E-state index in [1.807, 2.05) is 13.0 Å². The minimum atomic E-state index is -0.921. The highest BCUT2D eigenvalue weighted by molar-refractivity contribution is 5.95. The van der Waals surface area contributed by atoms with E-state index >= 15 is 0 Å². The number of morpholine rings is 1. The minimum absolute atomic E-state index is 0.187. The molecule has 3 rings (SSSR count). The first-order valence-electron chi connectivity index (χ1n) is 7.83. The Kier molecular flexibility index (Phi) is 4.76. The second-order valence-electron chi connectivity index (χ2n) is 5.89. The van der Waals surface area contributed by atoms with Gasteiger partial charge in [-0.25, -0.2) is 9.37 Å². The molecule has 6 nitrogen and oxygen atoms in total. The van der Waals surface area contributed by atoms with E-state index in [9.17, 15) is 14.0 Å². The number of nitrogens with zero attached hydrogens (tertiary/aromatic N) is 2. The van der Waals surface area contributed by atoms with Gasteiger partial charge in [0.1, 0.15) is 18.2 Å². The van der Waals surface area contributed by atoms with Gasteiger partial charge in [0.05, 0.1) is 6.04 Å². The number of ether oxygens (including phenoxy) is 1. The van der Waals surface area contributed by atoms with Crippen LogP contribution >= 0.6 is 0 Å². The first-order chi connectivity index (χ1) is 12.0. The summed E-state index contributed by atoms with van der Waals surface area (Å²) >= 11 is 0. The van der Waals surface area contributed by atoms with E-state index < -0.39 is 18.1 Å². The number of aryl methyl sites for hydroxylation is 1. The van der Waals surface area contributed by atoms with Crippen LogP contribution in [-0.4, -0.2) is 41.5 Å². The summed E-state index contributed by atoms with van der Waals surface area (Å²) in [5, 5.41) is 2.71. The number of aromatic nitrogens is 1. The number of anilines is 1. The van der Waals surface area contributed by atoms with Gasteiger partial charge in [0, 0.05) is 12.7 Å². The largest absolute Gasteiger partial charge is 0.356 e. The van der Waals surface area contributed by atoms with E-state index in [4.69, 9.17) is 4.74 Å². The molecule has 2 heterocycles. The monoisotopic (exact) mass is 343 g/mol. The normalized spacial score (nSPS) is 20.4. The Morgan fingerprint density at radius 2 is 2.00 bits per heavy atom. The predicted molar refractivity (Wildman–Crippen MR) is 89.3 cm³/mol. The topological polar surface area (TPSA) is 71.5 Å². The lowest BCUT2D eigenvalue weighted by Crippen LogP contribution is -2.51. The molecule has 1 aliphatic rings. The fourth-order valence-corrected chi connectivity index (χ4v) is 2.80. The average molecular weight is 343 g/mol. The smallest absolute Gasteiger partial charge is 0.257 e. The second kappa shape index (κ2) is 6.98. The Hall–Kier alpha value is -2.80. The van der Waals surface area contributed by atoms with E-state index in [0.717, 1.165) is 5.69 Å². The van der Waals surface area contributed by atoms with E-state index in [1.165, 1.54) is 17.0 Å². The lowest BCUT2D eigenvalue weighted by molar-refractivity contribution is -0.160. The second-order valence-corrected chi connectivity index (χ2v) is 5.89. The summed E-state index contributed by atoms with van der Waals surface area (Å²) in [4.78, 5) is 30.4. The van der Waals surface area contributed by atoms with E-state index in [0.29, 0.717) is 11.4 Å². The molecule has 0 unspecified atom stereocenters. The van der Waals surface area contributed by atoms with Gasteiger partial charge >= 0.3 is 0 Å². The number of carbonyl (C=O) groups is 2. The van der Waals surface area contributed by atoms with Crippen LogP contribution in [0.25, 0.3) is 0 Å². The Balaban J connectivity index is 1.87. The highest BCUT2D eigenvalue weighted by Crippen LogP contribution is 2.30. The number of benzene rings is 1. The third kappa shape index (κ3) is 3.66. The van der Waals surface area contributed by atoms with Crippen LogP contribution in [0.15, 0.2) is 42.5 Å². The molecule has 25 heavy (non-hydrogen) atoms. The predicted octanol–water partition coefficient (Wildman–Crippen LogP) is 2.07. The highest BCUT2D eigenvalue weighted by atomic mass is 19.1. The molecule has 0 saturated carbocycles. The van der Waals surface area contributed by atoms with Crippen molar-refractivity contribution in [2.45, 2.75) is 19.1 Å². The number of hydrogen-bond donors (Lipinski definition) is 1. The van der Waals surface area contributed by atoms with Gasteiger partial charge in [0.25, 0.3) is 5.91 Å². The zero-order valence-electron chi connectivity index (χ0n) is 13.9.